The number of benzene rings is 2. The van der Waals surface area contributed by atoms with Crippen LogP contribution in [0.1, 0.15) is 0 Å². The van der Waals surface area contributed by atoms with Gasteiger partial charge in [-0.25, -0.2) is 27.1 Å². The Morgan fingerprint density at radius 2 is 0.915 bits per heavy atom. The van der Waals surface area contributed by atoms with E-state index < -0.39 is 56.9 Å². The number of carbonyl (C=O) groups is 4. The number of rotatable bonds is 21. The second-order valence-corrected chi connectivity index (χ2v) is 12.8. The molecule has 0 aliphatic heterocycles. The van der Waals surface area contributed by atoms with Gasteiger partial charge in [-0.05, 0) is 48.5 Å². The van der Waals surface area contributed by atoms with E-state index >= 15 is 0 Å². The van der Waals surface area contributed by atoms with Crippen molar-refractivity contribution < 1.29 is 75.2 Å². The number of aliphatic carboxylic acids is 2. The summed E-state index contributed by atoms with van der Waals surface area (Å²) < 4.78 is 56.3. The van der Waals surface area contributed by atoms with Gasteiger partial charge >= 0.3 is 11.9 Å². The van der Waals surface area contributed by atoms with E-state index in [0.717, 1.165) is 0 Å². The quantitative estimate of drug-likeness (QED) is 0.0617. The van der Waals surface area contributed by atoms with Crippen LogP contribution in [0.2, 0.25) is 0 Å². The van der Waals surface area contributed by atoms with E-state index in [1.807, 2.05) is 0 Å². The summed E-state index contributed by atoms with van der Waals surface area (Å²) in [5.74, 6) is -3.39. The number of nitrogens with two attached hydrogens (primary N) is 2. The largest absolute Gasteiger partial charge is 0.480 e. The molecular weight excluding hydrogens is 718 g/mol. The number of ether oxygens (including phenoxy) is 2. The van der Waals surface area contributed by atoms with E-state index in [4.69, 9.17) is 30.0 Å². The molecule has 2 aromatic carbocycles. The topological polar surface area (TPSA) is 278 Å². The van der Waals surface area contributed by atoms with Crippen molar-refractivity contribution in [2.24, 2.45) is 10.3 Å². The molecule has 0 radical (unpaired) electrons. The van der Waals surface area contributed by atoms with Gasteiger partial charge in [-0.1, -0.05) is 0 Å². The van der Waals surface area contributed by atoms with Crippen LogP contribution in [-0.2, 0) is 68.2 Å². The van der Waals surface area contributed by atoms with E-state index in [1.165, 1.54) is 58.3 Å². The van der Waals surface area contributed by atoms with Crippen molar-refractivity contribution in [2.45, 2.75) is 9.79 Å². The maximum Gasteiger partial charge on any atom is 0.317 e. The van der Waals surface area contributed by atoms with Crippen molar-refractivity contribution in [1.82, 2.24) is 9.80 Å². The number of anilines is 2. The fourth-order valence-electron chi connectivity index (χ4n) is 3.78. The molecule has 0 heterocycles. The number of nitrogens with one attached hydrogen (secondary N) is 2. The van der Waals surface area contributed by atoms with Gasteiger partial charge in [0.15, 0.2) is 0 Å². The molecule has 0 saturated carbocycles. The number of primary sulfonamides is 2. The first-order valence-corrected chi connectivity index (χ1v) is 16.5. The first-order valence-electron chi connectivity index (χ1n) is 13.4. The zero-order valence-corrected chi connectivity index (χ0v) is 29.8. The van der Waals surface area contributed by atoms with Crippen LogP contribution in [0.3, 0.4) is 0 Å². The average molecular weight is 754 g/mol. The van der Waals surface area contributed by atoms with Crippen LogP contribution in [-0.4, -0.2) is 126 Å². The first-order chi connectivity index (χ1) is 21.5. The fraction of sp³-hybridized carbons (Fsp3) is 0.385. The molecule has 0 fully saturated rings. The standard InChI is InChI=1S/C26H36N6O12S2.Zn/c27-45(39,40)21-5-1-19(2-6-21)29-23(33)15-31(17-25(35)36)9-11-43-13-14-44-12-10-32(18-26(37)38)16-24(34)30-20-3-7-22(8-4-20)46(28,41)42;/h1-8H,9-18H2,(H,29,33)(H,30,34)(H,35,36)(H,37,38)(H2,27,39,40)(H2,28,41,42);. The summed E-state index contributed by atoms with van der Waals surface area (Å²) in [5, 5.41) is 33.5. The summed E-state index contributed by atoms with van der Waals surface area (Å²) in [4.78, 5) is 49.6. The van der Waals surface area contributed by atoms with Gasteiger partial charge in [0.2, 0.25) is 31.9 Å². The van der Waals surface area contributed by atoms with Crippen molar-refractivity contribution in [1.29, 1.82) is 0 Å². The van der Waals surface area contributed by atoms with E-state index in [2.05, 4.69) is 10.6 Å². The van der Waals surface area contributed by atoms with Crippen LogP contribution in [0.15, 0.2) is 58.3 Å². The van der Waals surface area contributed by atoms with Gasteiger partial charge in [-0.15, -0.1) is 0 Å². The smallest absolute Gasteiger partial charge is 0.317 e. The summed E-state index contributed by atoms with van der Waals surface area (Å²) in [6.07, 6.45) is 0. The Morgan fingerprint density at radius 1 is 0.596 bits per heavy atom. The molecule has 0 unspecified atom stereocenters. The van der Waals surface area contributed by atoms with E-state index in [1.54, 1.807) is 0 Å². The SMILES string of the molecule is NS(=O)(=O)c1ccc(NC(=O)CN(CCOCCOCCN(CC(=O)O)CC(=O)Nc2ccc(S(N)(=O)=O)cc2)CC(=O)O)cc1.[Zn]. The summed E-state index contributed by atoms with van der Waals surface area (Å²) in [6, 6.07) is 10.3. The Morgan fingerprint density at radius 3 is 1.19 bits per heavy atom. The second-order valence-electron chi connectivity index (χ2n) is 9.67. The van der Waals surface area contributed by atoms with Gasteiger partial charge < -0.3 is 30.3 Å². The summed E-state index contributed by atoms with van der Waals surface area (Å²) in [5.41, 5.74) is 0.585. The zero-order chi connectivity index (χ0) is 34.3. The van der Waals surface area contributed by atoms with E-state index in [0.29, 0.717) is 11.4 Å². The molecule has 0 spiro atoms. The predicted octanol–water partition coefficient (Wildman–Crippen LogP) is -1.64. The molecule has 8 N–H and O–H groups in total. The third-order valence-corrected chi connectivity index (χ3v) is 7.72. The van der Waals surface area contributed by atoms with Crippen molar-refractivity contribution >= 4 is 55.2 Å². The molecule has 2 amide bonds. The number of sulfonamides is 2. The third kappa shape index (κ3) is 17.4. The molecule has 2 aromatic rings. The van der Waals surface area contributed by atoms with Gasteiger partial charge in [0, 0.05) is 43.9 Å². The van der Waals surface area contributed by atoms with Crippen LogP contribution >= 0.6 is 0 Å². The molecule has 21 heteroatoms. The van der Waals surface area contributed by atoms with Crippen LogP contribution in [0, 0.1) is 0 Å². The Hall–Kier alpha value is -3.40. The van der Waals surface area contributed by atoms with Gasteiger partial charge in [-0.2, -0.15) is 0 Å². The Kier molecular flexibility index (Phi) is 17.8. The van der Waals surface area contributed by atoms with E-state index in [9.17, 15) is 36.0 Å². The molecule has 0 aromatic heterocycles. The molecule has 0 aliphatic rings. The summed E-state index contributed by atoms with van der Waals surface area (Å²) in [7, 11) is -7.78. The molecule has 47 heavy (non-hydrogen) atoms. The van der Waals surface area contributed by atoms with Crippen LogP contribution in [0.5, 0.6) is 0 Å². The van der Waals surface area contributed by atoms with Crippen molar-refractivity contribution in [3.8, 4) is 0 Å². The van der Waals surface area contributed by atoms with Crippen molar-refractivity contribution in [3.05, 3.63) is 48.5 Å². The first kappa shape index (κ1) is 41.6. The number of carbonyl (C=O) groups excluding carboxylic acids is 2. The van der Waals surface area contributed by atoms with Gasteiger partial charge in [0.05, 0.1) is 62.4 Å². The molecule has 256 valence electrons. The summed E-state index contributed by atoms with van der Waals surface area (Å²) >= 11 is 0. The molecule has 0 bridgehead atoms. The number of hydrogen-bond donors (Lipinski definition) is 6. The minimum absolute atomic E-state index is 0. The van der Waals surface area contributed by atoms with Crippen molar-refractivity contribution in [3.63, 3.8) is 0 Å². The number of carboxylic acid groups (broad SMARTS) is 2. The monoisotopic (exact) mass is 752 g/mol. The predicted molar refractivity (Wildman–Crippen MR) is 163 cm³/mol. The fourth-order valence-corrected chi connectivity index (χ4v) is 4.81. The van der Waals surface area contributed by atoms with Crippen LogP contribution in [0.25, 0.3) is 0 Å². The Balaban J connectivity index is 0.0000110. The molecule has 18 nitrogen and oxygen atoms in total. The minimum atomic E-state index is -3.89. The number of nitrogens with zero attached hydrogens (tertiary/aromatic N) is 2. The molecule has 0 atom stereocenters. The number of amides is 2. The van der Waals surface area contributed by atoms with Gasteiger partial charge in [0.25, 0.3) is 0 Å². The zero-order valence-electron chi connectivity index (χ0n) is 25.2. The molecule has 2 rings (SSSR count). The third-order valence-electron chi connectivity index (χ3n) is 5.86. The number of carboxylic acids is 2. The van der Waals surface area contributed by atoms with Crippen LogP contribution in [0.4, 0.5) is 11.4 Å². The molecular formula is C26H36N6O12S2Zn. The normalized spacial score (nSPS) is 11.6. The summed E-state index contributed by atoms with van der Waals surface area (Å²) in [6.45, 7) is -0.903. The van der Waals surface area contributed by atoms with Crippen LogP contribution < -0.4 is 20.9 Å². The van der Waals surface area contributed by atoms with Crippen molar-refractivity contribution in [2.75, 3.05) is 76.3 Å². The molecule has 0 aliphatic carbocycles. The average Bonchev–Trinajstić information content (AvgIpc) is 2.93. The number of hydrogen-bond acceptors (Lipinski definition) is 12. The van der Waals surface area contributed by atoms with E-state index in [-0.39, 0.29) is 81.9 Å². The Bertz CT molecular complexity index is 1440. The second kappa shape index (κ2) is 20.1. The maximum absolute atomic E-state index is 12.4. The van der Waals surface area contributed by atoms with Gasteiger partial charge in [-0.3, -0.25) is 29.0 Å². The molecule has 0 saturated heterocycles. The maximum atomic E-state index is 12.4. The minimum Gasteiger partial charge on any atom is -0.480 e. The van der Waals surface area contributed by atoms with Gasteiger partial charge in [0.1, 0.15) is 0 Å². The Labute approximate surface area is 284 Å².